The summed E-state index contributed by atoms with van der Waals surface area (Å²) < 4.78 is 34.1. The van der Waals surface area contributed by atoms with Crippen molar-refractivity contribution in [1.82, 2.24) is 9.55 Å². The summed E-state index contributed by atoms with van der Waals surface area (Å²) in [5, 5.41) is 0.644. The van der Waals surface area contributed by atoms with E-state index in [1.165, 1.54) is 0 Å². The van der Waals surface area contributed by atoms with Crippen molar-refractivity contribution in [2.75, 3.05) is 19.8 Å². The second-order valence-corrected chi connectivity index (χ2v) is 19.0. The molecule has 2 fully saturated rings. The first kappa shape index (κ1) is 29.8. The molecule has 0 amide bonds. The molecule has 6 rings (SSSR count). The highest BCUT2D eigenvalue weighted by Gasteiger charge is 2.40. The van der Waals surface area contributed by atoms with Crippen LogP contribution in [0.2, 0.25) is 30.7 Å². The second kappa shape index (κ2) is 12.8. The van der Waals surface area contributed by atoms with Crippen LogP contribution in [-0.4, -0.2) is 55.8 Å². The van der Waals surface area contributed by atoms with E-state index in [1.54, 1.807) is 0 Å². The third-order valence-corrected chi connectivity index (χ3v) is 10.2. The van der Waals surface area contributed by atoms with Crippen molar-refractivity contribution in [2.24, 2.45) is 0 Å². The SMILES string of the molecule is C[Si](C)(C)CCOCn1c(O[C@H]2CO[C@@H]3COC(c4ccccc4)O[C@H]3C2)nc2cc(-c3ccc(Br)cc3)c(Cl)cc21. The van der Waals surface area contributed by atoms with Crippen LogP contribution in [0.5, 0.6) is 6.01 Å². The molecule has 3 aromatic carbocycles. The quantitative estimate of drug-likeness (QED) is 0.132. The van der Waals surface area contributed by atoms with Gasteiger partial charge in [-0.25, -0.2) is 0 Å². The summed E-state index contributed by atoms with van der Waals surface area (Å²) in [6.45, 7) is 8.95. The molecule has 1 aromatic heterocycles. The van der Waals surface area contributed by atoms with Gasteiger partial charge in [0.15, 0.2) is 6.29 Å². The normalized spacial score (nSPS) is 22.7. The molecule has 2 aliphatic rings. The number of hydrogen-bond donors (Lipinski definition) is 0. The van der Waals surface area contributed by atoms with Crippen molar-refractivity contribution < 1.29 is 23.7 Å². The lowest BCUT2D eigenvalue weighted by molar-refractivity contribution is -0.286. The Kier molecular flexibility index (Phi) is 9.07. The highest BCUT2D eigenvalue weighted by Crippen LogP contribution is 2.36. The van der Waals surface area contributed by atoms with E-state index in [1.807, 2.05) is 71.3 Å². The lowest BCUT2D eigenvalue weighted by atomic mass is 10.0. The Hall–Kier alpha value is -2.24. The van der Waals surface area contributed by atoms with E-state index in [0.717, 1.165) is 38.2 Å². The monoisotopic (exact) mass is 670 g/mol. The highest BCUT2D eigenvalue weighted by molar-refractivity contribution is 9.10. The summed E-state index contributed by atoms with van der Waals surface area (Å²) in [7, 11) is -1.23. The molecule has 2 aliphatic heterocycles. The summed E-state index contributed by atoms with van der Waals surface area (Å²) in [6.07, 6.45) is -0.257. The van der Waals surface area contributed by atoms with E-state index in [9.17, 15) is 0 Å². The fourth-order valence-electron chi connectivity index (χ4n) is 5.24. The summed E-state index contributed by atoms with van der Waals surface area (Å²) >= 11 is 10.3. The zero-order chi connectivity index (χ0) is 29.3. The fourth-order valence-corrected chi connectivity index (χ4v) is 6.52. The Bertz CT molecular complexity index is 1510. The zero-order valence-corrected chi connectivity index (χ0v) is 27.4. The van der Waals surface area contributed by atoms with Crippen LogP contribution >= 0.6 is 27.5 Å². The van der Waals surface area contributed by atoms with Crippen molar-refractivity contribution >= 4 is 46.6 Å². The fraction of sp³-hybridized carbons (Fsp3) is 0.406. The molecule has 222 valence electrons. The number of rotatable bonds is 9. The zero-order valence-electron chi connectivity index (χ0n) is 24.1. The molecule has 1 unspecified atom stereocenters. The molecule has 42 heavy (non-hydrogen) atoms. The molecular weight excluding hydrogens is 636 g/mol. The molecule has 4 atom stereocenters. The van der Waals surface area contributed by atoms with Gasteiger partial charge in [-0.3, -0.25) is 4.57 Å². The maximum absolute atomic E-state index is 6.84. The van der Waals surface area contributed by atoms with E-state index in [0.29, 0.717) is 44.0 Å². The van der Waals surface area contributed by atoms with Gasteiger partial charge in [-0.1, -0.05) is 89.6 Å². The molecule has 0 bridgehead atoms. The minimum Gasteiger partial charge on any atom is -0.459 e. The lowest BCUT2D eigenvalue weighted by Crippen LogP contribution is -2.50. The van der Waals surface area contributed by atoms with Crippen LogP contribution in [0.15, 0.2) is 71.2 Å². The van der Waals surface area contributed by atoms with E-state index in [-0.39, 0.29) is 18.3 Å². The molecule has 0 N–H and O–H groups in total. The first-order valence-corrected chi connectivity index (χ1v) is 19.2. The number of nitrogens with zero attached hydrogens (tertiary/aromatic N) is 2. The van der Waals surface area contributed by atoms with Crippen LogP contribution in [0.1, 0.15) is 18.3 Å². The minimum absolute atomic E-state index is 0.124. The molecular formula is C32H36BrClN2O5Si. The average molecular weight is 672 g/mol. The highest BCUT2D eigenvalue weighted by atomic mass is 79.9. The van der Waals surface area contributed by atoms with Crippen molar-refractivity contribution in [3.8, 4) is 17.1 Å². The molecule has 0 spiro atoms. The van der Waals surface area contributed by atoms with E-state index >= 15 is 0 Å². The van der Waals surface area contributed by atoms with Crippen LogP contribution in [0, 0.1) is 0 Å². The Labute approximate surface area is 261 Å². The minimum atomic E-state index is -1.23. The molecule has 0 radical (unpaired) electrons. The van der Waals surface area contributed by atoms with Crippen molar-refractivity contribution in [3.63, 3.8) is 0 Å². The van der Waals surface area contributed by atoms with Gasteiger partial charge in [0.05, 0.1) is 35.4 Å². The summed E-state index contributed by atoms with van der Waals surface area (Å²) in [5.41, 5.74) is 4.59. The van der Waals surface area contributed by atoms with Crippen LogP contribution in [0.3, 0.4) is 0 Å². The number of imidazole rings is 1. The van der Waals surface area contributed by atoms with E-state index < -0.39 is 14.4 Å². The lowest BCUT2D eigenvalue weighted by Gasteiger charge is -2.41. The predicted molar refractivity (Wildman–Crippen MR) is 171 cm³/mol. The Morgan fingerprint density at radius 2 is 1.79 bits per heavy atom. The Morgan fingerprint density at radius 3 is 2.55 bits per heavy atom. The van der Waals surface area contributed by atoms with Gasteiger partial charge in [0.2, 0.25) is 0 Å². The predicted octanol–water partition coefficient (Wildman–Crippen LogP) is 8.08. The number of aromatic nitrogens is 2. The van der Waals surface area contributed by atoms with Gasteiger partial charge < -0.3 is 23.7 Å². The molecule has 10 heteroatoms. The smallest absolute Gasteiger partial charge is 0.299 e. The number of fused-ring (bicyclic) bond motifs is 2. The number of benzene rings is 3. The van der Waals surface area contributed by atoms with Gasteiger partial charge in [-0.2, -0.15) is 4.98 Å². The maximum atomic E-state index is 6.84. The van der Waals surface area contributed by atoms with Gasteiger partial charge in [0, 0.05) is 36.7 Å². The van der Waals surface area contributed by atoms with Gasteiger partial charge in [0.1, 0.15) is 18.9 Å². The maximum Gasteiger partial charge on any atom is 0.299 e. The number of halogens is 2. The van der Waals surface area contributed by atoms with E-state index in [2.05, 4.69) is 35.6 Å². The van der Waals surface area contributed by atoms with Crippen molar-refractivity contribution in [3.05, 3.63) is 81.8 Å². The van der Waals surface area contributed by atoms with Crippen LogP contribution < -0.4 is 4.74 Å². The summed E-state index contributed by atoms with van der Waals surface area (Å²) in [6, 6.07) is 23.6. The topological polar surface area (TPSA) is 64.0 Å². The first-order chi connectivity index (χ1) is 20.2. The van der Waals surface area contributed by atoms with Gasteiger partial charge in [-0.05, 0) is 35.9 Å². The van der Waals surface area contributed by atoms with Crippen molar-refractivity contribution in [2.45, 2.75) is 63.4 Å². The van der Waals surface area contributed by atoms with Gasteiger partial charge in [-0.15, -0.1) is 0 Å². The van der Waals surface area contributed by atoms with Crippen LogP contribution in [0.25, 0.3) is 22.2 Å². The third-order valence-electron chi connectivity index (χ3n) is 7.63. The molecule has 0 aliphatic carbocycles. The number of hydrogen-bond acceptors (Lipinski definition) is 6. The molecule has 7 nitrogen and oxygen atoms in total. The molecule has 3 heterocycles. The molecule has 0 saturated carbocycles. The third kappa shape index (κ3) is 6.94. The van der Waals surface area contributed by atoms with Gasteiger partial charge >= 0.3 is 0 Å². The Balaban J connectivity index is 1.24. The average Bonchev–Trinajstić information content (AvgIpc) is 3.30. The first-order valence-electron chi connectivity index (χ1n) is 14.4. The summed E-state index contributed by atoms with van der Waals surface area (Å²) in [4.78, 5) is 4.93. The number of ether oxygens (including phenoxy) is 5. The molecule has 2 saturated heterocycles. The summed E-state index contributed by atoms with van der Waals surface area (Å²) in [5.74, 6) is 0. The van der Waals surface area contributed by atoms with Crippen LogP contribution in [-0.2, 0) is 25.7 Å². The van der Waals surface area contributed by atoms with E-state index in [4.69, 9.17) is 40.3 Å². The van der Waals surface area contributed by atoms with Crippen LogP contribution in [0.4, 0.5) is 0 Å². The Morgan fingerprint density at radius 1 is 1.00 bits per heavy atom. The van der Waals surface area contributed by atoms with Crippen molar-refractivity contribution in [1.29, 1.82) is 0 Å². The van der Waals surface area contributed by atoms with Gasteiger partial charge in [0.25, 0.3) is 6.01 Å². The molecule has 4 aromatic rings. The largest absolute Gasteiger partial charge is 0.459 e. The second-order valence-electron chi connectivity index (χ2n) is 12.1. The standard InChI is InChI=1S/C32H36BrClN2O5Si/c1-42(2,3)14-13-37-20-36-28-17-26(34)25(21-9-11-23(33)12-10-21)16-27(28)35-32(36)40-24-15-29-30(38-18-24)19-39-31(41-29)22-7-5-4-6-8-22/h4-12,16-17,24,29-31H,13-15,18-20H2,1-3H3/t24-,29+,30-,31?/m1/s1.